The van der Waals surface area contributed by atoms with Crippen molar-refractivity contribution in [3.63, 3.8) is 0 Å². The SMILES string of the molecule is O=C1CN(Cc2c(-c3ccc(C(F)(F)F)cc3)nc3ccccc3c2C(=O)O)CCN1. The van der Waals surface area contributed by atoms with Gasteiger partial charge in [-0.05, 0) is 18.2 Å². The van der Waals surface area contributed by atoms with E-state index in [4.69, 9.17) is 0 Å². The zero-order chi connectivity index (χ0) is 22.2. The van der Waals surface area contributed by atoms with E-state index in [1.54, 1.807) is 29.2 Å². The van der Waals surface area contributed by atoms with Crippen LogP contribution in [0, 0.1) is 0 Å². The summed E-state index contributed by atoms with van der Waals surface area (Å²) in [5.74, 6) is -1.34. The van der Waals surface area contributed by atoms with Gasteiger partial charge in [0.25, 0.3) is 0 Å². The first kappa shape index (κ1) is 20.8. The van der Waals surface area contributed by atoms with E-state index in [0.717, 1.165) is 12.1 Å². The molecule has 31 heavy (non-hydrogen) atoms. The second-order valence-corrected chi connectivity index (χ2v) is 7.27. The molecule has 2 aromatic carbocycles. The van der Waals surface area contributed by atoms with Gasteiger partial charge in [-0.15, -0.1) is 0 Å². The maximum Gasteiger partial charge on any atom is 0.416 e. The van der Waals surface area contributed by atoms with Gasteiger partial charge in [0, 0.05) is 36.1 Å². The average Bonchev–Trinajstić information content (AvgIpc) is 2.72. The molecule has 1 aromatic heterocycles. The largest absolute Gasteiger partial charge is 0.478 e. The number of carbonyl (C=O) groups excluding carboxylic acids is 1. The quantitative estimate of drug-likeness (QED) is 0.663. The molecule has 1 fully saturated rings. The van der Waals surface area contributed by atoms with Crippen LogP contribution >= 0.6 is 0 Å². The van der Waals surface area contributed by atoms with Crippen LogP contribution in [0.15, 0.2) is 48.5 Å². The van der Waals surface area contributed by atoms with Gasteiger partial charge in [-0.25, -0.2) is 9.78 Å². The highest BCUT2D eigenvalue weighted by atomic mass is 19.4. The summed E-state index contributed by atoms with van der Waals surface area (Å²) in [6.07, 6.45) is -4.48. The van der Waals surface area contributed by atoms with Crippen molar-refractivity contribution in [3.05, 3.63) is 65.2 Å². The Labute approximate surface area is 175 Å². The third kappa shape index (κ3) is 4.22. The number of piperazine rings is 1. The third-order valence-electron chi connectivity index (χ3n) is 5.19. The number of nitrogens with one attached hydrogen (secondary N) is 1. The van der Waals surface area contributed by atoms with Gasteiger partial charge in [-0.2, -0.15) is 13.2 Å². The predicted molar refractivity (Wildman–Crippen MR) is 107 cm³/mol. The number of rotatable bonds is 4. The van der Waals surface area contributed by atoms with Crippen molar-refractivity contribution >= 4 is 22.8 Å². The molecule has 0 radical (unpaired) electrons. The van der Waals surface area contributed by atoms with E-state index < -0.39 is 17.7 Å². The normalized spacial score (nSPS) is 15.1. The zero-order valence-electron chi connectivity index (χ0n) is 16.2. The summed E-state index contributed by atoms with van der Waals surface area (Å²) < 4.78 is 39.0. The molecular formula is C22H18F3N3O3. The number of pyridine rings is 1. The molecule has 1 saturated heterocycles. The molecule has 1 aliphatic heterocycles. The molecule has 2 N–H and O–H groups in total. The van der Waals surface area contributed by atoms with E-state index in [1.165, 1.54) is 12.1 Å². The van der Waals surface area contributed by atoms with Gasteiger partial charge in [0.15, 0.2) is 0 Å². The molecular weight excluding hydrogens is 411 g/mol. The Morgan fingerprint density at radius 3 is 2.48 bits per heavy atom. The van der Waals surface area contributed by atoms with E-state index in [0.29, 0.717) is 35.1 Å². The van der Waals surface area contributed by atoms with E-state index in [9.17, 15) is 27.9 Å². The lowest BCUT2D eigenvalue weighted by Gasteiger charge is -2.28. The number of alkyl halides is 3. The van der Waals surface area contributed by atoms with E-state index in [2.05, 4.69) is 10.3 Å². The number of para-hydroxylation sites is 1. The Hall–Kier alpha value is -3.46. The molecule has 160 valence electrons. The molecule has 1 amide bonds. The highest BCUT2D eigenvalue weighted by molar-refractivity contribution is 6.05. The van der Waals surface area contributed by atoms with Crippen LogP contribution in [0.1, 0.15) is 21.5 Å². The van der Waals surface area contributed by atoms with Crippen molar-refractivity contribution < 1.29 is 27.9 Å². The molecule has 6 nitrogen and oxygen atoms in total. The highest BCUT2D eigenvalue weighted by Gasteiger charge is 2.30. The molecule has 0 unspecified atom stereocenters. The summed E-state index contributed by atoms with van der Waals surface area (Å²) >= 11 is 0. The Bertz CT molecular complexity index is 1160. The number of aromatic nitrogens is 1. The first-order chi connectivity index (χ1) is 14.7. The van der Waals surface area contributed by atoms with Crippen LogP contribution in [0.4, 0.5) is 13.2 Å². The van der Waals surface area contributed by atoms with Crippen molar-refractivity contribution in [3.8, 4) is 11.3 Å². The topological polar surface area (TPSA) is 82.5 Å². The summed E-state index contributed by atoms with van der Waals surface area (Å²) in [5, 5.41) is 13.1. The Kier molecular flexibility index (Phi) is 5.36. The zero-order valence-corrected chi connectivity index (χ0v) is 16.2. The monoisotopic (exact) mass is 429 g/mol. The highest BCUT2D eigenvalue weighted by Crippen LogP contribution is 2.34. The van der Waals surface area contributed by atoms with Gasteiger partial charge >= 0.3 is 12.1 Å². The van der Waals surface area contributed by atoms with Crippen LogP contribution in [0.2, 0.25) is 0 Å². The number of carboxylic acids is 1. The van der Waals surface area contributed by atoms with Crippen LogP contribution < -0.4 is 5.32 Å². The Morgan fingerprint density at radius 2 is 1.84 bits per heavy atom. The van der Waals surface area contributed by atoms with Gasteiger partial charge < -0.3 is 10.4 Å². The maximum absolute atomic E-state index is 13.0. The minimum atomic E-state index is -4.48. The standard InChI is InChI=1S/C22H18F3N3O3/c23-22(24,25)14-7-5-13(6-8-14)20-16(11-28-10-9-26-18(29)12-28)19(21(30)31)15-3-1-2-4-17(15)27-20/h1-8H,9-12H2,(H,26,29)(H,30,31). The van der Waals surface area contributed by atoms with Gasteiger partial charge in [-0.3, -0.25) is 9.69 Å². The van der Waals surface area contributed by atoms with Crippen LogP contribution in [0.3, 0.4) is 0 Å². The second-order valence-electron chi connectivity index (χ2n) is 7.27. The molecule has 0 atom stereocenters. The van der Waals surface area contributed by atoms with Crippen molar-refractivity contribution in [2.75, 3.05) is 19.6 Å². The predicted octanol–water partition coefficient (Wildman–Crippen LogP) is 3.55. The molecule has 0 aliphatic carbocycles. The number of fused-ring (bicyclic) bond motifs is 1. The summed E-state index contributed by atoms with van der Waals surface area (Å²) in [7, 11) is 0. The van der Waals surface area contributed by atoms with Crippen molar-refractivity contribution in [1.29, 1.82) is 0 Å². The molecule has 0 bridgehead atoms. The van der Waals surface area contributed by atoms with Gasteiger partial charge in [0.05, 0.1) is 28.9 Å². The van der Waals surface area contributed by atoms with Gasteiger partial charge in [0.1, 0.15) is 0 Å². The van der Waals surface area contributed by atoms with Crippen molar-refractivity contribution in [1.82, 2.24) is 15.2 Å². The summed E-state index contributed by atoms with van der Waals surface area (Å²) in [5.41, 5.74) is 0.681. The lowest BCUT2D eigenvalue weighted by molar-refractivity contribution is -0.137. The number of amides is 1. The Morgan fingerprint density at radius 1 is 1.13 bits per heavy atom. The molecule has 0 saturated carbocycles. The molecule has 9 heteroatoms. The van der Waals surface area contributed by atoms with Gasteiger partial charge in [0.2, 0.25) is 5.91 Å². The summed E-state index contributed by atoms with van der Waals surface area (Å²) in [4.78, 5) is 30.4. The minimum Gasteiger partial charge on any atom is -0.478 e. The van der Waals surface area contributed by atoms with Crippen molar-refractivity contribution in [2.24, 2.45) is 0 Å². The maximum atomic E-state index is 13.0. The smallest absolute Gasteiger partial charge is 0.416 e. The number of hydrogen-bond donors (Lipinski definition) is 2. The molecule has 0 spiro atoms. The van der Waals surface area contributed by atoms with E-state index in [-0.39, 0.29) is 30.3 Å². The second kappa shape index (κ2) is 7.99. The molecule has 3 aromatic rings. The average molecular weight is 429 g/mol. The van der Waals surface area contributed by atoms with Gasteiger partial charge in [-0.1, -0.05) is 30.3 Å². The fraction of sp³-hybridized carbons (Fsp3) is 0.227. The summed E-state index contributed by atoms with van der Waals surface area (Å²) in [6, 6.07) is 11.2. The van der Waals surface area contributed by atoms with Crippen LogP contribution in [0.25, 0.3) is 22.2 Å². The van der Waals surface area contributed by atoms with Crippen LogP contribution in [-0.4, -0.2) is 46.5 Å². The first-order valence-electron chi connectivity index (χ1n) is 9.55. The number of carboxylic acid groups (broad SMARTS) is 1. The van der Waals surface area contributed by atoms with Crippen LogP contribution in [0.5, 0.6) is 0 Å². The fourth-order valence-electron chi connectivity index (χ4n) is 3.76. The number of benzene rings is 2. The van der Waals surface area contributed by atoms with E-state index in [1.807, 2.05) is 0 Å². The van der Waals surface area contributed by atoms with Crippen molar-refractivity contribution in [2.45, 2.75) is 12.7 Å². The number of carbonyl (C=O) groups is 2. The number of halogens is 3. The number of hydrogen-bond acceptors (Lipinski definition) is 4. The van der Waals surface area contributed by atoms with E-state index >= 15 is 0 Å². The fourth-order valence-corrected chi connectivity index (χ4v) is 3.76. The lowest BCUT2D eigenvalue weighted by atomic mass is 9.95. The molecule has 2 heterocycles. The number of nitrogens with zero attached hydrogens (tertiary/aromatic N) is 2. The first-order valence-corrected chi connectivity index (χ1v) is 9.55. The van der Waals surface area contributed by atoms with Crippen LogP contribution in [-0.2, 0) is 17.5 Å². The summed E-state index contributed by atoms with van der Waals surface area (Å²) in [6.45, 7) is 1.17. The molecule has 1 aliphatic rings. The Balaban J connectivity index is 1.90. The molecule has 4 rings (SSSR count). The lowest BCUT2D eigenvalue weighted by Crippen LogP contribution is -2.47. The minimum absolute atomic E-state index is 0.0338. The number of aromatic carboxylic acids is 1. The third-order valence-corrected chi connectivity index (χ3v) is 5.19.